The zero-order valence-electron chi connectivity index (χ0n) is 31.4. The molecule has 1 aliphatic heterocycles. The van der Waals surface area contributed by atoms with Gasteiger partial charge in [0.05, 0.1) is 22.0 Å². The zero-order valence-corrected chi connectivity index (χ0v) is 31.4. The molecular weight excluding hydrogens is 695 g/mol. The van der Waals surface area contributed by atoms with Crippen LogP contribution in [0.2, 0.25) is 0 Å². The molecule has 0 bridgehead atoms. The van der Waals surface area contributed by atoms with Crippen molar-refractivity contribution in [3.05, 3.63) is 204 Å². The quantitative estimate of drug-likeness (QED) is 0.189. The molecule has 6 aromatic carbocycles. The van der Waals surface area contributed by atoms with Gasteiger partial charge in [-0.2, -0.15) is 0 Å². The van der Waals surface area contributed by atoms with Crippen molar-refractivity contribution >= 4 is 50.2 Å². The van der Waals surface area contributed by atoms with Crippen molar-refractivity contribution in [3.8, 4) is 33.6 Å². The summed E-state index contributed by atoms with van der Waals surface area (Å²) in [7, 11) is 0. The third-order valence-electron chi connectivity index (χ3n) is 12.6. The minimum Gasteiger partial charge on any atom is -0.387 e. The third-order valence-corrected chi connectivity index (χ3v) is 12.6. The van der Waals surface area contributed by atoms with Gasteiger partial charge in [0.25, 0.3) is 0 Å². The summed E-state index contributed by atoms with van der Waals surface area (Å²) < 4.78 is 4.57. The lowest BCUT2D eigenvalue weighted by molar-refractivity contribution is 0.779. The van der Waals surface area contributed by atoms with Crippen LogP contribution in [0.3, 0.4) is 0 Å². The Labute approximate surface area is 330 Å². The first-order valence-corrected chi connectivity index (χ1v) is 19.7. The van der Waals surface area contributed by atoms with Crippen molar-refractivity contribution < 1.29 is 0 Å². The predicted molar refractivity (Wildman–Crippen MR) is 236 cm³/mol. The van der Waals surface area contributed by atoms with Crippen LogP contribution in [0.5, 0.6) is 0 Å². The van der Waals surface area contributed by atoms with E-state index in [9.17, 15) is 0 Å². The number of nitrogens with one attached hydrogen (secondary N) is 1. The number of hydrogen-bond acceptors (Lipinski definition) is 3. The number of benzene rings is 6. The molecule has 2 aliphatic carbocycles. The molecule has 12 rings (SSSR count). The van der Waals surface area contributed by atoms with E-state index >= 15 is 0 Å². The Morgan fingerprint density at radius 1 is 0.632 bits per heavy atom. The van der Waals surface area contributed by atoms with Gasteiger partial charge in [-0.3, -0.25) is 9.55 Å². The van der Waals surface area contributed by atoms with Crippen molar-refractivity contribution in [2.24, 2.45) is 0 Å². The molecule has 0 fully saturated rings. The lowest BCUT2D eigenvalue weighted by atomic mass is 9.69. The van der Waals surface area contributed by atoms with Crippen molar-refractivity contribution in [2.75, 3.05) is 12.3 Å². The van der Waals surface area contributed by atoms with Crippen LogP contribution in [0.25, 0.3) is 78.0 Å². The fourth-order valence-corrected chi connectivity index (χ4v) is 10.3. The van der Waals surface area contributed by atoms with E-state index in [0.717, 1.165) is 45.5 Å². The molecule has 1 spiro atoms. The molecule has 0 saturated carbocycles. The van der Waals surface area contributed by atoms with Gasteiger partial charge in [0.2, 0.25) is 0 Å². The van der Waals surface area contributed by atoms with Crippen LogP contribution in [0, 0.1) is 0 Å². The fourth-order valence-electron chi connectivity index (χ4n) is 10.3. The summed E-state index contributed by atoms with van der Waals surface area (Å²) in [5.41, 5.74) is 26.1. The van der Waals surface area contributed by atoms with Crippen LogP contribution in [0.4, 0.5) is 5.82 Å². The number of hydrogen-bond donors (Lipinski definition) is 2. The molecule has 270 valence electrons. The first kappa shape index (κ1) is 31.9. The minimum absolute atomic E-state index is 0.384. The molecule has 0 saturated heterocycles. The molecule has 9 aromatic rings. The second kappa shape index (κ2) is 11.8. The molecule has 0 radical (unpaired) electrons. The van der Waals surface area contributed by atoms with Gasteiger partial charge < -0.3 is 15.6 Å². The first-order valence-electron chi connectivity index (χ1n) is 19.7. The summed E-state index contributed by atoms with van der Waals surface area (Å²) >= 11 is 0. The maximum Gasteiger partial charge on any atom is 0.116 e. The average molecular weight is 732 g/mol. The molecule has 1 atom stereocenters. The Kier molecular flexibility index (Phi) is 6.62. The summed E-state index contributed by atoms with van der Waals surface area (Å²) in [4.78, 5) is 4.37. The van der Waals surface area contributed by atoms with Crippen molar-refractivity contribution in [2.45, 2.75) is 12.3 Å². The van der Waals surface area contributed by atoms with E-state index in [0.29, 0.717) is 5.82 Å². The lowest BCUT2D eigenvalue weighted by Crippen LogP contribution is -2.28. The fraction of sp³-hybridized carbons (Fsp3) is 0.0577. The number of dihydropyridines is 1. The van der Waals surface area contributed by atoms with Crippen LogP contribution >= 0.6 is 0 Å². The van der Waals surface area contributed by atoms with E-state index in [1.54, 1.807) is 0 Å². The van der Waals surface area contributed by atoms with Crippen LogP contribution in [0.1, 0.15) is 34.7 Å². The van der Waals surface area contributed by atoms with Gasteiger partial charge in [-0.1, -0.05) is 103 Å². The smallest absolute Gasteiger partial charge is 0.116 e. The first-order chi connectivity index (χ1) is 28.2. The maximum absolute atomic E-state index is 6.74. The topological polar surface area (TPSA) is 60.8 Å². The molecule has 3 aliphatic rings. The third kappa shape index (κ3) is 4.20. The molecule has 1 unspecified atom stereocenters. The number of pyridine rings is 1. The molecule has 5 nitrogen and oxygen atoms in total. The minimum atomic E-state index is -0.384. The van der Waals surface area contributed by atoms with Gasteiger partial charge in [0.1, 0.15) is 5.82 Å². The van der Waals surface area contributed by atoms with Crippen molar-refractivity contribution in [3.63, 3.8) is 0 Å². The Bertz CT molecular complexity index is 3240. The van der Waals surface area contributed by atoms with Gasteiger partial charge in [0.15, 0.2) is 0 Å². The molecule has 57 heavy (non-hydrogen) atoms. The Morgan fingerprint density at radius 2 is 1.30 bits per heavy atom. The number of allylic oxidation sites excluding steroid dienone is 3. The summed E-state index contributed by atoms with van der Waals surface area (Å²) in [5.74, 6) is 0.710. The predicted octanol–water partition coefficient (Wildman–Crippen LogP) is 11.6. The highest BCUT2D eigenvalue weighted by molar-refractivity contribution is 6.12. The van der Waals surface area contributed by atoms with Crippen molar-refractivity contribution in [1.82, 2.24) is 19.4 Å². The monoisotopic (exact) mass is 731 g/mol. The normalized spacial score (nSPS) is 16.5. The highest BCUT2D eigenvalue weighted by Gasteiger charge is 2.52. The number of para-hydroxylation sites is 1. The van der Waals surface area contributed by atoms with Gasteiger partial charge in [0, 0.05) is 52.0 Å². The largest absolute Gasteiger partial charge is 0.387 e. The van der Waals surface area contributed by atoms with E-state index in [4.69, 9.17) is 5.73 Å². The molecule has 0 amide bonds. The number of nitrogen functional groups attached to an aromatic ring is 1. The zero-order chi connectivity index (χ0) is 37.8. The van der Waals surface area contributed by atoms with Gasteiger partial charge in [-0.15, -0.1) is 0 Å². The Hall–Kier alpha value is -7.37. The second-order valence-corrected chi connectivity index (χ2v) is 15.3. The Balaban J connectivity index is 1.00. The van der Waals surface area contributed by atoms with Gasteiger partial charge in [-0.25, -0.2) is 0 Å². The average Bonchev–Trinajstić information content (AvgIpc) is 3.95. The number of nitrogens with two attached hydrogens (primary N) is 1. The SMILES string of the molecule is C/C=C\c1c(N)n(-c2ccc(-c3ccc(-n4c5ccccc5c5cc6c(cc54)C4(C5=C(CNC=C5)c5ccccc54)c4ccccc4-6)cc3)cc2)c2ccncc12. The van der Waals surface area contributed by atoms with E-state index < -0.39 is 0 Å². The molecule has 5 heteroatoms. The van der Waals surface area contributed by atoms with Crippen LogP contribution < -0.4 is 11.1 Å². The molecule has 3 aromatic heterocycles. The lowest BCUT2D eigenvalue weighted by Gasteiger charge is -2.32. The number of nitrogens with zero attached hydrogens (tertiary/aromatic N) is 3. The molecule has 3 N–H and O–H groups in total. The van der Waals surface area contributed by atoms with Gasteiger partial charge >= 0.3 is 0 Å². The molecular formula is C52H37N5. The van der Waals surface area contributed by atoms with Crippen molar-refractivity contribution in [1.29, 1.82) is 0 Å². The highest BCUT2D eigenvalue weighted by atomic mass is 15.1. The Morgan fingerprint density at radius 3 is 2.07 bits per heavy atom. The van der Waals surface area contributed by atoms with E-state index in [-0.39, 0.29) is 5.41 Å². The van der Waals surface area contributed by atoms with E-state index in [2.05, 4.69) is 171 Å². The summed E-state index contributed by atoms with van der Waals surface area (Å²) in [6.45, 7) is 2.83. The standard InChI is InChI=1S/C52H37N5/c1-2-9-39-43-31-55-27-25-49(43)57(51(39)53)35-22-18-33(19-23-35)32-16-20-34(21-17-32)56-48-15-8-5-12-38(48)41-28-40-36-10-3-6-13-44(36)52(47(40)29-50(41)56)45-14-7-4-11-37(45)42-30-54-26-24-46(42)52/h2-29,31,54H,30,53H2,1H3/b9-2-. The van der Waals surface area contributed by atoms with Gasteiger partial charge in [-0.05, 0) is 123 Å². The van der Waals surface area contributed by atoms with Crippen LogP contribution in [-0.4, -0.2) is 20.7 Å². The van der Waals surface area contributed by atoms with Crippen LogP contribution in [0.15, 0.2) is 176 Å². The summed E-state index contributed by atoms with van der Waals surface area (Å²) in [5, 5.41) is 7.08. The summed E-state index contributed by atoms with van der Waals surface area (Å²) in [6.07, 6.45) is 12.2. The van der Waals surface area contributed by atoms with E-state index in [1.165, 1.54) is 66.3 Å². The highest BCUT2D eigenvalue weighted by Crippen LogP contribution is 2.63. The number of aromatic nitrogens is 3. The number of rotatable bonds is 4. The van der Waals surface area contributed by atoms with E-state index in [1.807, 2.05) is 31.5 Å². The van der Waals surface area contributed by atoms with Crippen LogP contribution in [-0.2, 0) is 5.41 Å². The number of fused-ring (bicyclic) bond motifs is 13. The molecule has 4 heterocycles. The second-order valence-electron chi connectivity index (χ2n) is 15.3. The summed E-state index contributed by atoms with van der Waals surface area (Å²) in [6, 6.07) is 51.7. The number of anilines is 1. The maximum atomic E-state index is 6.74.